The van der Waals surface area contributed by atoms with Crippen molar-refractivity contribution >= 4 is 0 Å². The molecule has 1 aliphatic heterocycles. The third-order valence-electron chi connectivity index (χ3n) is 3.90. The SMILES string of the molecule is Cn1ncnc1CNCC1CCN(C2CC2)C1. The van der Waals surface area contributed by atoms with E-state index in [0.717, 1.165) is 30.9 Å². The molecule has 1 saturated carbocycles. The molecule has 0 radical (unpaired) electrons. The highest BCUT2D eigenvalue weighted by molar-refractivity contribution is 4.90. The van der Waals surface area contributed by atoms with Crippen LogP contribution in [0.4, 0.5) is 0 Å². The molecule has 1 aromatic rings. The summed E-state index contributed by atoms with van der Waals surface area (Å²) in [5.41, 5.74) is 0. The topological polar surface area (TPSA) is 46.0 Å². The van der Waals surface area contributed by atoms with E-state index in [4.69, 9.17) is 0 Å². The van der Waals surface area contributed by atoms with E-state index in [9.17, 15) is 0 Å². The van der Waals surface area contributed by atoms with Gasteiger partial charge in [0.2, 0.25) is 0 Å². The molecule has 1 atom stereocenters. The summed E-state index contributed by atoms with van der Waals surface area (Å²) < 4.78 is 1.83. The molecule has 5 nitrogen and oxygen atoms in total. The lowest BCUT2D eigenvalue weighted by molar-refractivity contribution is 0.311. The number of hydrogen-bond donors (Lipinski definition) is 1. The number of aromatic nitrogens is 3. The third-order valence-corrected chi connectivity index (χ3v) is 3.90. The van der Waals surface area contributed by atoms with Crippen molar-refractivity contribution in [1.29, 1.82) is 0 Å². The van der Waals surface area contributed by atoms with Crippen molar-refractivity contribution < 1.29 is 0 Å². The standard InChI is InChI=1S/C12H21N5/c1-16-12(14-9-15-16)7-13-6-10-4-5-17(8-10)11-2-3-11/h9-11,13H,2-8H2,1H3. The number of nitrogens with one attached hydrogen (secondary N) is 1. The minimum Gasteiger partial charge on any atom is -0.310 e. The summed E-state index contributed by atoms with van der Waals surface area (Å²) in [5.74, 6) is 1.84. The van der Waals surface area contributed by atoms with E-state index in [1.54, 1.807) is 6.33 Å². The highest BCUT2D eigenvalue weighted by atomic mass is 15.3. The molecule has 1 aromatic heterocycles. The van der Waals surface area contributed by atoms with Crippen LogP contribution >= 0.6 is 0 Å². The van der Waals surface area contributed by atoms with E-state index in [-0.39, 0.29) is 0 Å². The summed E-state index contributed by atoms with van der Waals surface area (Å²) in [7, 11) is 1.94. The first-order valence-electron chi connectivity index (χ1n) is 6.60. The molecule has 0 aromatic carbocycles. The van der Waals surface area contributed by atoms with Gasteiger partial charge in [-0.2, -0.15) is 5.10 Å². The molecule has 1 unspecified atom stereocenters. The predicted octanol–water partition coefficient (Wildman–Crippen LogP) is 0.389. The Bertz CT molecular complexity index is 371. The van der Waals surface area contributed by atoms with Crippen LogP contribution in [-0.2, 0) is 13.6 Å². The third kappa shape index (κ3) is 2.66. The van der Waals surface area contributed by atoms with Gasteiger partial charge in [-0.3, -0.25) is 4.68 Å². The maximum absolute atomic E-state index is 4.21. The summed E-state index contributed by atoms with van der Waals surface area (Å²) in [4.78, 5) is 6.87. The molecule has 1 saturated heterocycles. The zero-order valence-corrected chi connectivity index (χ0v) is 10.5. The van der Waals surface area contributed by atoms with Crippen molar-refractivity contribution in [1.82, 2.24) is 25.0 Å². The second kappa shape index (κ2) is 4.74. The maximum atomic E-state index is 4.21. The monoisotopic (exact) mass is 235 g/mol. The lowest BCUT2D eigenvalue weighted by atomic mass is 10.1. The van der Waals surface area contributed by atoms with Gasteiger partial charge in [0.05, 0.1) is 6.54 Å². The molecule has 2 fully saturated rings. The van der Waals surface area contributed by atoms with Gasteiger partial charge in [-0.05, 0) is 38.3 Å². The van der Waals surface area contributed by atoms with E-state index >= 15 is 0 Å². The van der Waals surface area contributed by atoms with Crippen LogP contribution in [0.5, 0.6) is 0 Å². The van der Waals surface area contributed by atoms with E-state index < -0.39 is 0 Å². The Labute approximate surface area is 102 Å². The van der Waals surface area contributed by atoms with Crippen molar-refractivity contribution in [3.8, 4) is 0 Å². The summed E-state index contributed by atoms with van der Waals surface area (Å²) >= 11 is 0. The molecule has 5 heteroatoms. The van der Waals surface area contributed by atoms with Crippen LogP contribution < -0.4 is 5.32 Å². The highest BCUT2D eigenvalue weighted by Gasteiger charge is 2.33. The van der Waals surface area contributed by atoms with Crippen LogP contribution in [0.15, 0.2) is 6.33 Å². The van der Waals surface area contributed by atoms with Gasteiger partial charge in [0, 0.05) is 19.6 Å². The van der Waals surface area contributed by atoms with Gasteiger partial charge in [-0.15, -0.1) is 0 Å². The number of nitrogens with zero attached hydrogens (tertiary/aromatic N) is 4. The minimum atomic E-state index is 0.823. The Morgan fingerprint density at radius 3 is 3.00 bits per heavy atom. The van der Waals surface area contributed by atoms with Crippen molar-refractivity contribution in [2.45, 2.75) is 31.8 Å². The van der Waals surface area contributed by atoms with Crippen LogP contribution in [0.3, 0.4) is 0 Å². The number of aryl methyl sites for hydroxylation is 1. The number of hydrogen-bond acceptors (Lipinski definition) is 4. The minimum absolute atomic E-state index is 0.823. The zero-order chi connectivity index (χ0) is 11.7. The Hall–Kier alpha value is -0.940. The van der Waals surface area contributed by atoms with Gasteiger partial charge in [-0.1, -0.05) is 0 Å². The molecular weight excluding hydrogens is 214 g/mol. The molecule has 0 bridgehead atoms. The largest absolute Gasteiger partial charge is 0.310 e. The zero-order valence-electron chi connectivity index (χ0n) is 10.5. The van der Waals surface area contributed by atoms with Crippen molar-refractivity contribution in [2.24, 2.45) is 13.0 Å². The maximum Gasteiger partial charge on any atom is 0.140 e. The smallest absolute Gasteiger partial charge is 0.140 e. The molecule has 1 N–H and O–H groups in total. The van der Waals surface area contributed by atoms with E-state index in [1.165, 1.54) is 32.4 Å². The molecule has 1 aliphatic carbocycles. The quantitative estimate of drug-likeness (QED) is 0.802. The molecular formula is C12H21N5. The fourth-order valence-corrected chi connectivity index (χ4v) is 2.67. The van der Waals surface area contributed by atoms with Crippen LogP contribution in [0.25, 0.3) is 0 Å². The number of rotatable bonds is 5. The summed E-state index contributed by atoms with van der Waals surface area (Å²) in [6, 6.07) is 0.929. The van der Waals surface area contributed by atoms with Crippen molar-refractivity contribution in [3.05, 3.63) is 12.2 Å². The van der Waals surface area contributed by atoms with Gasteiger partial charge in [0.1, 0.15) is 12.2 Å². The van der Waals surface area contributed by atoms with E-state index in [2.05, 4.69) is 20.3 Å². The fourth-order valence-electron chi connectivity index (χ4n) is 2.67. The van der Waals surface area contributed by atoms with Crippen molar-refractivity contribution in [2.75, 3.05) is 19.6 Å². The average Bonchev–Trinajstić information content (AvgIpc) is 2.94. The predicted molar refractivity (Wildman–Crippen MR) is 65.4 cm³/mol. The summed E-state index contributed by atoms with van der Waals surface area (Å²) in [6.45, 7) is 4.53. The Kier molecular flexibility index (Phi) is 3.11. The first kappa shape index (κ1) is 11.2. The van der Waals surface area contributed by atoms with Crippen LogP contribution in [-0.4, -0.2) is 45.3 Å². The lowest BCUT2D eigenvalue weighted by Crippen LogP contribution is -2.28. The molecule has 17 heavy (non-hydrogen) atoms. The van der Waals surface area contributed by atoms with Crippen molar-refractivity contribution in [3.63, 3.8) is 0 Å². The Morgan fingerprint density at radius 2 is 2.29 bits per heavy atom. The Balaban J connectivity index is 1.39. The Morgan fingerprint density at radius 1 is 1.41 bits per heavy atom. The van der Waals surface area contributed by atoms with Gasteiger partial charge >= 0.3 is 0 Å². The van der Waals surface area contributed by atoms with Gasteiger partial charge in [0.25, 0.3) is 0 Å². The molecule has 2 aliphatic rings. The summed E-state index contributed by atoms with van der Waals surface area (Å²) in [6.07, 6.45) is 5.82. The van der Waals surface area contributed by atoms with Gasteiger partial charge in [0.15, 0.2) is 0 Å². The second-order valence-corrected chi connectivity index (χ2v) is 5.31. The first-order valence-corrected chi connectivity index (χ1v) is 6.60. The molecule has 3 rings (SSSR count). The fraction of sp³-hybridized carbons (Fsp3) is 0.833. The average molecular weight is 235 g/mol. The molecule has 2 heterocycles. The van der Waals surface area contributed by atoms with Gasteiger partial charge < -0.3 is 10.2 Å². The second-order valence-electron chi connectivity index (χ2n) is 5.31. The van der Waals surface area contributed by atoms with E-state index in [1.807, 2.05) is 11.7 Å². The van der Waals surface area contributed by atoms with Gasteiger partial charge in [-0.25, -0.2) is 4.98 Å². The van der Waals surface area contributed by atoms with Crippen LogP contribution in [0, 0.1) is 5.92 Å². The molecule has 0 amide bonds. The normalized spacial score (nSPS) is 25.6. The molecule has 94 valence electrons. The first-order chi connectivity index (χ1) is 8.33. The highest BCUT2D eigenvalue weighted by Crippen LogP contribution is 2.31. The van der Waals surface area contributed by atoms with Crippen LogP contribution in [0.1, 0.15) is 25.1 Å². The summed E-state index contributed by atoms with van der Waals surface area (Å²) in [5, 5.41) is 7.57. The number of likely N-dealkylation sites (tertiary alicyclic amines) is 1. The molecule has 0 spiro atoms. The van der Waals surface area contributed by atoms with E-state index in [0.29, 0.717) is 0 Å². The van der Waals surface area contributed by atoms with Crippen LogP contribution in [0.2, 0.25) is 0 Å². The lowest BCUT2D eigenvalue weighted by Gasteiger charge is -2.15.